The Morgan fingerprint density at radius 1 is 1.00 bits per heavy atom. The molecule has 7 heteroatoms. The number of anilines is 1. The van der Waals surface area contributed by atoms with E-state index in [4.69, 9.17) is 19.3 Å². The van der Waals surface area contributed by atoms with E-state index in [2.05, 4.69) is 5.32 Å². The number of hydrogen-bond acceptors (Lipinski definition) is 5. The van der Waals surface area contributed by atoms with Crippen molar-refractivity contribution in [3.63, 3.8) is 0 Å². The number of benzene rings is 2. The molecule has 0 saturated heterocycles. The molecule has 0 aliphatic rings. The molecule has 1 unspecified atom stereocenters. The van der Waals surface area contributed by atoms with Gasteiger partial charge in [-0.05, 0) is 48.7 Å². The van der Waals surface area contributed by atoms with Gasteiger partial charge in [-0.1, -0.05) is 12.1 Å². The summed E-state index contributed by atoms with van der Waals surface area (Å²) in [6.07, 6.45) is 0.766. The Kier molecular flexibility index (Phi) is 7.26. The third-order valence-corrected chi connectivity index (χ3v) is 4.43. The van der Waals surface area contributed by atoms with Crippen molar-refractivity contribution in [2.24, 2.45) is 0 Å². The van der Waals surface area contributed by atoms with Crippen molar-refractivity contribution in [2.75, 3.05) is 26.6 Å². The number of methoxy groups -OCH3 is 3. The lowest BCUT2D eigenvalue weighted by atomic mass is 10.0. The number of carboxylic acids is 1. The molecule has 28 heavy (non-hydrogen) atoms. The molecule has 0 fully saturated rings. The predicted molar refractivity (Wildman–Crippen MR) is 106 cm³/mol. The summed E-state index contributed by atoms with van der Waals surface area (Å²) >= 11 is 0. The van der Waals surface area contributed by atoms with Crippen LogP contribution in [-0.4, -0.2) is 38.3 Å². The molecule has 2 aromatic carbocycles. The quantitative estimate of drug-likeness (QED) is 0.684. The van der Waals surface area contributed by atoms with Gasteiger partial charge >= 0.3 is 5.97 Å². The summed E-state index contributed by atoms with van der Waals surface area (Å²) in [6, 6.07) is 10.4. The smallest absolute Gasteiger partial charge is 0.310 e. The number of nitrogens with one attached hydrogen (secondary N) is 1. The Hall–Kier alpha value is -3.22. The van der Waals surface area contributed by atoms with Crippen molar-refractivity contribution in [3.8, 4) is 17.2 Å². The lowest BCUT2D eigenvalue weighted by Gasteiger charge is -2.14. The number of carbonyl (C=O) groups is 2. The standard InChI is InChI=1S/C21H25NO6/c1-13(21(24)25)15-6-8-16(9-7-15)22-19(23)10-5-14-11-17(26-2)20(28-4)18(12-14)27-3/h6-9,11-13H,5,10H2,1-4H3,(H,22,23)(H,24,25). The fraction of sp³-hybridized carbons (Fsp3) is 0.333. The van der Waals surface area contributed by atoms with Crippen LogP contribution in [0.2, 0.25) is 0 Å². The number of carbonyl (C=O) groups excluding carboxylic acids is 1. The lowest BCUT2D eigenvalue weighted by molar-refractivity contribution is -0.138. The van der Waals surface area contributed by atoms with Crippen LogP contribution < -0.4 is 19.5 Å². The van der Waals surface area contributed by atoms with Gasteiger partial charge in [0.25, 0.3) is 0 Å². The second-order valence-corrected chi connectivity index (χ2v) is 6.26. The molecule has 1 atom stereocenters. The van der Waals surface area contributed by atoms with Gasteiger partial charge in [0.1, 0.15) is 0 Å². The lowest BCUT2D eigenvalue weighted by Crippen LogP contribution is -2.13. The van der Waals surface area contributed by atoms with Gasteiger partial charge in [0, 0.05) is 12.1 Å². The van der Waals surface area contributed by atoms with E-state index in [-0.39, 0.29) is 12.3 Å². The molecule has 150 valence electrons. The summed E-state index contributed by atoms with van der Waals surface area (Å²) < 4.78 is 15.9. The molecular formula is C21H25NO6. The van der Waals surface area contributed by atoms with E-state index in [1.165, 1.54) is 7.11 Å². The van der Waals surface area contributed by atoms with Gasteiger partial charge in [-0.2, -0.15) is 0 Å². The number of amides is 1. The molecule has 2 rings (SSSR count). The predicted octanol–water partition coefficient (Wildman–Crippen LogP) is 3.47. The maximum atomic E-state index is 12.3. The van der Waals surface area contributed by atoms with E-state index in [0.29, 0.717) is 34.9 Å². The molecule has 2 aromatic rings. The second-order valence-electron chi connectivity index (χ2n) is 6.26. The van der Waals surface area contributed by atoms with Crippen LogP contribution in [0.15, 0.2) is 36.4 Å². The number of aryl methyl sites for hydroxylation is 1. The molecule has 0 aliphatic carbocycles. The van der Waals surface area contributed by atoms with Crippen LogP contribution in [0.3, 0.4) is 0 Å². The topological polar surface area (TPSA) is 94.1 Å². The Morgan fingerprint density at radius 2 is 1.57 bits per heavy atom. The minimum Gasteiger partial charge on any atom is -0.493 e. The first kappa shape index (κ1) is 21.1. The highest BCUT2D eigenvalue weighted by Crippen LogP contribution is 2.38. The normalized spacial score (nSPS) is 11.4. The van der Waals surface area contributed by atoms with Gasteiger partial charge < -0.3 is 24.6 Å². The highest BCUT2D eigenvalue weighted by atomic mass is 16.5. The van der Waals surface area contributed by atoms with Crippen molar-refractivity contribution >= 4 is 17.6 Å². The Morgan fingerprint density at radius 3 is 2.04 bits per heavy atom. The van der Waals surface area contributed by atoms with Gasteiger partial charge in [-0.15, -0.1) is 0 Å². The van der Waals surface area contributed by atoms with Gasteiger partial charge in [0.2, 0.25) is 11.7 Å². The van der Waals surface area contributed by atoms with Gasteiger partial charge in [-0.3, -0.25) is 9.59 Å². The van der Waals surface area contributed by atoms with Crippen LogP contribution in [0.4, 0.5) is 5.69 Å². The molecule has 0 spiro atoms. The maximum Gasteiger partial charge on any atom is 0.310 e. The molecule has 0 aliphatic heterocycles. The first-order chi connectivity index (χ1) is 13.4. The SMILES string of the molecule is COc1cc(CCC(=O)Nc2ccc(C(C)C(=O)O)cc2)cc(OC)c1OC. The third-order valence-electron chi connectivity index (χ3n) is 4.43. The zero-order valence-corrected chi connectivity index (χ0v) is 16.4. The van der Waals surface area contributed by atoms with Crippen molar-refractivity contribution in [3.05, 3.63) is 47.5 Å². The average Bonchev–Trinajstić information content (AvgIpc) is 2.71. The number of rotatable bonds is 9. The minimum absolute atomic E-state index is 0.146. The van der Waals surface area contributed by atoms with Crippen LogP contribution in [0.5, 0.6) is 17.2 Å². The fourth-order valence-electron chi connectivity index (χ4n) is 2.76. The molecule has 0 saturated carbocycles. The summed E-state index contributed by atoms with van der Waals surface area (Å²) in [5.74, 6) is -0.0330. The van der Waals surface area contributed by atoms with Crippen LogP contribution >= 0.6 is 0 Å². The first-order valence-corrected chi connectivity index (χ1v) is 8.81. The molecular weight excluding hydrogens is 362 g/mol. The molecule has 0 bridgehead atoms. The average molecular weight is 387 g/mol. The molecule has 0 heterocycles. The summed E-state index contributed by atoms with van der Waals surface area (Å²) in [5, 5.41) is 11.9. The number of carboxylic acid groups (broad SMARTS) is 1. The number of aliphatic carboxylic acids is 1. The van der Waals surface area contributed by atoms with Crippen LogP contribution in [0.1, 0.15) is 30.4 Å². The van der Waals surface area contributed by atoms with Crippen LogP contribution in [0, 0.1) is 0 Å². The summed E-state index contributed by atoms with van der Waals surface area (Å²) in [4.78, 5) is 23.3. The second kappa shape index (κ2) is 9.64. The molecule has 1 amide bonds. The fourth-order valence-corrected chi connectivity index (χ4v) is 2.76. The Labute approximate surface area is 164 Å². The number of hydrogen-bond donors (Lipinski definition) is 2. The minimum atomic E-state index is -0.887. The van der Waals surface area contributed by atoms with Crippen molar-refractivity contribution < 1.29 is 28.9 Å². The molecule has 0 aromatic heterocycles. The van der Waals surface area contributed by atoms with Crippen molar-refractivity contribution in [1.29, 1.82) is 0 Å². The number of ether oxygens (including phenoxy) is 3. The first-order valence-electron chi connectivity index (χ1n) is 8.81. The monoisotopic (exact) mass is 387 g/mol. The van der Waals surface area contributed by atoms with Gasteiger partial charge in [0.15, 0.2) is 11.5 Å². The largest absolute Gasteiger partial charge is 0.493 e. The Bertz CT molecular complexity index is 806. The highest BCUT2D eigenvalue weighted by molar-refractivity contribution is 5.91. The molecule has 0 radical (unpaired) electrons. The van der Waals surface area contributed by atoms with Crippen molar-refractivity contribution in [2.45, 2.75) is 25.7 Å². The summed E-state index contributed by atoms with van der Waals surface area (Å²) in [7, 11) is 4.63. The summed E-state index contributed by atoms with van der Waals surface area (Å²) in [5.41, 5.74) is 2.19. The zero-order valence-electron chi connectivity index (χ0n) is 16.4. The van der Waals surface area contributed by atoms with E-state index < -0.39 is 11.9 Å². The van der Waals surface area contributed by atoms with Gasteiger partial charge in [0.05, 0.1) is 27.2 Å². The van der Waals surface area contributed by atoms with E-state index in [1.54, 1.807) is 45.4 Å². The van der Waals surface area contributed by atoms with E-state index in [1.807, 2.05) is 12.1 Å². The van der Waals surface area contributed by atoms with E-state index in [0.717, 1.165) is 5.56 Å². The zero-order chi connectivity index (χ0) is 20.7. The molecule has 2 N–H and O–H groups in total. The molecule has 7 nitrogen and oxygen atoms in total. The van der Waals surface area contributed by atoms with Crippen LogP contribution in [0.25, 0.3) is 0 Å². The summed E-state index contributed by atoms with van der Waals surface area (Å²) in [6.45, 7) is 1.62. The van der Waals surface area contributed by atoms with E-state index in [9.17, 15) is 9.59 Å². The van der Waals surface area contributed by atoms with Gasteiger partial charge in [-0.25, -0.2) is 0 Å². The van der Waals surface area contributed by atoms with E-state index >= 15 is 0 Å². The Balaban J connectivity index is 2.00. The third kappa shape index (κ3) is 5.16. The van der Waals surface area contributed by atoms with Crippen LogP contribution in [-0.2, 0) is 16.0 Å². The highest BCUT2D eigenvalue weighted by Gasteiger charge is 2.15. The van der Waals surface area contributed by atoms with Crippen molar-refractivity contribution in [1.82, 2.24) is 0 Å². The maximum absolute atomic E-state index is 12.3.